The van der Waals surface area contributed by atoms with Gasteiger partial charge < -0.3 is 5.32 Å². The first-order valence-corrected chi connectivity index (χ1v) is 7.11. The predicted molar refractivity (Wildman–Crippen MR) is 88.6 cm³/mol. The highest BCUT2D eigenvalue weighted by molar-refractivity contribution is 6.12. The minimum atomic E-state index is -0.0381. The Morgan fingerprint density at radius 1 is 1.00 bits per heavy atom. The number of nitrogens with zero attached hydrogens (tertiary/aromatic N) is 1. The quantitative estimate of drug-likeness (QED) is 0.725. The Bertz CT molecular complexity index is 797. The maximum absolute atomic E-state index is 12.6. The van der Waals surface area contributed by atoms with E-state index in [1.807, 2.05) is 67.6 Å². The molecule has 0 spiro atoms. The van der Waals surface area contributed by atoms with E-state index in [0.29, 0.717) is 11.1 Å². The Hall–Kier alpha value is -2.94. The second-order valence-electron chi connectivity index (χ2n) is 5.11. The molecule has 0 aliphatic rings. The van der Waals surface area contributed by atoms with Gasteiger partial charge in [-0.05, 0) is 30.7 Å². The van der Waals surface area contributed by atoms with Gasteiger partial charge in [0.1, 0.15) is 0 Å². The molecule has 108 valence electrons. The number of pyridine rings is 1. The normalized spacial score (nSPS) is 10.2. The van der Waals surface area contributed by atoms with Crippen LogP contribution in [0, 0.1) is 6.92 Å². The summed E-state index contributed by atoms with van der Waals surface area (Å²) in [5.41, 5.74) is 4.09. The van der Waals surface area contributed by atoms with E-state index < -0.39 is 0 Å². The first-order valence-electron chi connectivity index (χ1n) is 7.11. The van der Waals surface area contributed by atoms with Crippen LogP contribution in [0.5, 0.6) is 0 Å². The molecule has 0 saturated heterocycles. The van der Waals surface area contributed by atoms with Gasteiger partial charge in [0.25, 0.3) is 0 Å². The van der Waals surface area contributed by atoms with Crippen LogP contribution in [-0.2, 0) is 0 Å². The molecule has 0 fully saturated rings. The van der Waals surface area contributed by atoms with E-state index >= 15 is 0 Å². The molecule has 0 atom stereocenters. The van der Waals surface area contributed by atoms with Crippen LogP contribution in [-0.4, -0.2) is 10.8 Å². The van der Waals surface area contributed by atoms with Crippen molar-refractivity contribution in [3.05, 3.63) is 89.7 Å². The molecule has 0 aliphatic heterocycles. The molecule has 0 saturated carbocycles. The van der Waals surface area contributed by atoms with E-state index in [0.717, 1.165) is 16.9 Å². The zero-order valence-electron chi connectivity index (χ0n) is 12.3. The Kier molecular flexibility index (Phi) is 3.97. The second-order valence-corrected chi connectivity index (χ2v) is 5.11. The van der Waals surface area contributed by atoms with Crippen molar-refractivity contribution < 1.29 is 4.79 Å². The van der Waals surface area contributed by atoms with Crippen molar-refractivity contribution in [1.29, 1.82) is 0 Å². The number of rotatable bonds is 4. The number of nitrogens with one attached hydrogen (secondary N) is 1. The largest absolute Gasteiger partial charge is 0.355 e. The van der Waals surface area contributed by atoms with Gasteiger partial charge in [0, 0.05) is 23.6 Å². The summed E-state index contributed by atoms with van der Waals surface area (Å²) in [5, 5.41) is 3.30. The van der Waals surface area contributed by atoms with Crippen molar-refractivity contribution in [3.8, 4) is 0 Å². The summed E-state index contributed by atoms with van der Waals surface area (Å²) in [6, 6.07) is 19.1. The van der Waals surface area contributed by atoms with Crippen LogP contribution in [0.4, 0.5) is 11.4 Å². The van der Waals surface area contributed by atoms with E-state index in [-0.39, 0.29) is 5.78 Å². The Morgan fingerprint density at radius 3 is 2.59 bits per heavy atom. The molecule has 0 bridgehead atoms. The maximum atomic E-state index is 12.6. The summed E-state index contributed by atoms with van der Waals surface area (Å²) in [6.45, 7) is 2.04. The molecule has 3 heteroatoms. The van der Waals surface area contributed by atoms with E-state index in [4.69, 9.17) is 0 Å². The van der Waals surface area contributed by atoms with E-state index in [2.05, 4.69) is 10.3 Å². The lowest BCUT2D eigenvalue weighted by molar-refractivity contribution is 0.103. The Morgan fingerprint density at radius 2 is 1.82 bits per heavy atom. The Labute approximate surface area is 129 Å². The average molecular weight is 288 g/mol. The molecule has 22 heavy (non-hydrogen) atoms. The van der Waals surface area contributed by atoms with Crippen molar-refractivity contribution in [2.24, 2.45) is 0 Å². The maximum Gasteiger partial charge on any atom is 0.196 e. The van der Waals surface area contributed by atoms with Gasteiger partial charge >= 0.3 is 0 Å². The molecular formula is C19H16N2O. The van der Waals surface area contributed by atoms with Crippen LogP contribution >= 0.6 is 0 Å². The third-order valence-electron chi connectivity index (χ3n) is 3.40. The van der Waals surface area contributed by atoms with Crippen molar-refractivity contribution >= 4 is 17.2 Å². The summed E-state index contributed by atoms with van der Waals surface area (Å²) in [6.07, 6.45) is 3.29. The predicted octanol–water partition coefficient (Wildman–Crippen LogP) is 4.36. The van der Waals surface area contributed by atoms with E-state index in [1.54, 1.807) is 12.4 Å². The minimum absolute atomic E-state index is 0.0381. The molecule has 3 nitrogen and oxygen atoms in total. The lowest BCUT2D eigenvalue weighted by Gasteiger charge is -2.11. The molecule has 0 amide bonds. The highest BCUT2D eigenvalue weighted by atomic mass is 16.1. The van der Waals surface area contributed by atoms with Gasteiger partial charge in [-0.2, -0.15) is 0 Å². The van der Waals surface area contributed by atoms with Crippen LogP contribution < -0.4 is 5.32 Å². The van der Waals surface area contributed by atoms with Crippen molar-refractivity contribution in [1.82, 2.24) is 4.98 Å². The second kappa shape index (κ2) is 6.22. The topological polar surface area (TPSA) is 42.0 Å². The molecule has 3 rings (SSSR count). The molecular weight excluding hydrogens is 272 g/mol. The highest BCUT2D eigenvalue weighted by Crippen LogP contribution is 2.23. The summed E-state index contributed by atoms with van der Waals surface area (Å²) in [7, 11) is 0. The van der Waals surface area contributed by atoms with Gasteiger partial charge in [0.2, 0.25) is 0 Å². The number of carbonyl (C=O) groups excluding carboxylic acids is 1. The molecule has 1 N–H and O–H groups in total. The van der Waals surface area contributed by atoms with Gasteiger partial charge in [-0.15, -0.1) is 0 Å². The summed E-state index contributed by atoms with van der Waals surface area (Å²) >= 11 is 0. The summed E-state index contributed by atoms with van der Waals surface area (Å²) in [4.78, 5) is 16.7. The molecule has 0 aliphatic carbocycles. The summed E-state index contributed by atoms with van der Waals surface area (Å²) < 4.78 is 0. The first-order chi connectivity index (χ1) is 10.7. The van der Waals surface area contributed by atoms with Gasteiger partial charge in [0.05, 0.1) is 11.3 Å². The van der Waals surface area contributed by atoms with Crippen molar-refractivity contribution in [2.75, 3.05) is 5.32 Å². The Balaban J connectivity index is 1.95. The van der Waals surface area contributed by atoms with Crippen molar-refractivity contribution in [2.45, 2.75) is 6.92 Å². The number of hydrogen-bond donors (Lipinski definition) is 1. The monoisotopic (exact) mass is 288 g/mol. The van der Waals surface area contributed by atoms with Crippen LogP contribution in [0.3, 0.4) is 0 Å². The molecule has 2 aromatic carbocycles. The standard InChI is InChI=1S/C19H16N2O/c1-14-6-5-9-16(12-14)21-18-10-11-20-13-17(18)19(22)15-7-3-2-4-8-15/h2-13H,1H3,(H,20,21). The van der Waals surface area contributed by atoms with Crippen LogP contribution in [0.1, 0.15) is 21.5 Å². The molecule has 1 aromatic heterocycles. The average Bonchev–Trinajstić information content (AvgIpc) is 2.56. The molecule has 1 heterocycles. The number of aryl methyl sites for hydroxylation is 1. The lowest BCUT2D eigenvalue weighted by atomic mass is 10.0. The van der Waals surface area contributed by atoms with Crippen LogP contribution in [0.25, 0.3) is 0 Å². The first kappa shape index (κ1) is 14.0. The molecule has 3 aromatic rings. The van der Waals surface area contributed by atoms with Gasteiger partial charge in [-0.25, -0.2) is 0 Å². The fraction of sp³-hybridized carbons (Fsp3) is 0.0526. The summed E-state index contributed by atoms with van der Waals surface area (Å²) in [5.74, 6) is -0.0381. The lowest BCUT2D eigenvalue weighted by Crippen LogP contribution is -2.06. The highest BCUT2D eigenvalue weighted by Gasteiger charge is 2.13. The number of aromatic nitrogens is 1. The fourth-order valence-electron chi connectivity index (χ4n) is 2.31. The fourth-order valence-corrected chi connectivity index (χ4v) is 2.31. The third-order valence-corrected chi connectivity index (χ3v) is 3.40. The van der Waals surface area contributed by atoms with Crippen molar-refractivity contribution in [3.63, 3.8) is 0 Å². The third kappa shape index (κ3) is 3.04. The zero-order chi connectivity index (χ0) is 15.4. The van der Waals surface area contributed by atoms with E-state index in [1.165, 1.54) is 0 Å². The molecule has 0 unspecified atom stereocenters. The molecule has 0 radical (unpaired) electrons. The zero-order valence-corrected chi connectivity index (χ0v) is 12.3. The number of carbonyl (C=O) groups is 1. The minimum Gasteiger partial charge on any atom is -0.355 e. The smallest absolute Gasteiger partial charge is 0.196 e. The van der Waals surface area contributed by atoms with Gasteiger partial charge in [-0.1, -0.05) is 42.5 Å². The van der Waals surface area contributed by atoms with E-state index in [9.17, 15) is 4.79 Å². The van der Waals surface area contributed by atoms with Crippen LogP contribution in [0.2, 0.25) is 0 Å². The SMILES string of the molecule is Cc1cccc(Nc2ccncc2C(=O)c2ccccc2)c1. The van der Waals surface area contributed by atoms with Gasteiger partial charge in [-0.3, -0.25) is 9.78 Å². The van der Waals surface area contributed by atoms with Gasteiger partial charge in [0.15, 0.2) is 5.78 Å². The number of hydrogen-bond acceptors (Lipinski definition) is 3. The van der Waals surface area contributed by atoms with Crippen LogP contribution in [0.15, 0.2) is 73.1 Å². The number of ketones is 1. The number of benzene rings is 2. The number of anilines is 2.